The highest BCUT2D eigenvalue weighted by atomic mass is 16.4. The van der Waals surface area contributed by atoms with E-state index in [9.17, 15) is 34.2 Å². The quantitative estimate of drug-likeness (QED) is 0.0953. The second-order valence-corrected chi connectivity index (χ2v) is 9.89. The number of carboxylic acids is 2. The van der Waals surface area contributed by atoms with E-state index in [0.717, 1.165) is 10.8 Å². The van der Waals surface area contributed by atoms with Crippen molar-refractivity contribution in [2.24, 2.45) is 5.73 Å². The summed E-state index contributed by atoms with van der Waals surface area (Å²) in [4.78, 5) is 62.5. The molecule has 0 saturated heterocycles. The Morgan fingerprint density at radius 2 is 1.39 bits per heavy atom. The number of nitrogen functional groups attached to an aromatic ring is 1. The Labute approximate surface area is 251 Å². The fourth-order valence-corrected chi connectivity index (χ4v) is 4.53. The van der Waals surface area contributed by atoms with Gasteiger partial charge >= 0.3 is 11.9 Å². The van der Waals surface area contributed by atoms with Crippen molar-refractivity contribution >= 4 is 52.0 Å². The highest BCUT2D eigenvalue weighted by molar-refractivity contribution is 6.06. The van der Waals surface area contributed by atoms with Crippen LogP contribution in [0.15, 0.2) is 91.0 Å². The first-order valence-electron chi connectivity index (χ1n) is 13.4. The van der Waals surface area contributed by atoms with Gasteiger partial charge in [-0.05, 0) is 46.7 Å². The van der Waals surface area contributed by atoms with E-state index < -0.39 is 48.2 Å². The maximum Gasteiger partial charge on any atom is 0.326 e. The number of rotatable bonds is 12. The molecule has 4 aromatic carbocycles. The van der Waals surface area contributed by atoms with Gasteiger partial charge in [0.2, 0.25) is 5.91 Å². The van der Waals surface area contributed by atoms with E-state index in [0.29, 0.717) is 11.1 Å². The third-order valence-electron chi connectivity index (χ3n) is 6.76. The molecule has 12 heteroatoms. The monoisotopic (exact) mass is 595 g/mol. The average Bonchev–Trinajstić information content (AvgIpc) is 3.00. The van der Waals surface area contributed by atoms with Gasteiger partial charge in [0.05, 0.1) is 6.42 Å². The lowest BCUT2D eigenvalue weighted by Gasteiger charge is -2.21. The van der Waals surface area contributed by atoms with E-state index in [1.54, 1.807) is 12.1 Å². The molecule has 0 unspecified atom stereocenters. The number of hydrogen-bond donors (Lipinski definition) is 7. The van der Waals surface area contributed by atoms with Gasteiger partial charge in [-0.3, -0.25) is 24.6 Å². The molecule has 44 heavy (non-hydrogen) atoms. The molecular weight excluding hydrogens is 566 g/mol. The summed E-state index contributed by atoms with van der Waals surface area (Å²) in [6, 6.07) is 21.5. The maximum atomic E-state index is 13.1. The molecule has 3 amide bonds. The van der Waals surface area contributed by atoms with Crippen LogP contribution in [-0.4, -0.2) is 57.8 Å². The molecule has 8 N–H and O–H groups in total. The standard InChI is InChI=1S/C32H29N5O7/c33-28(34)19-11-13-20(14-12-19)29(40)35-23-9-4-8-22(15-23)30(41)36-25(17-27(38)39)31(42)37-26(32(43)44)16-21-7-3-6-18-5-1-2-10-24(18)21/h1-15,25-26H,16-17H2,(H3,33,34)(H,35,40)(H,36,41)(H,37,42)(H,38,39)(H,43,44)/t25-,26-/m0/s1. The number of benzene rings is 4. The number of carboxylic acid groups (broad SMARTS) is 2. The second-order valence-electron chi connectivity index (χ2n) is 9.89. The minimum atomic E-state index is -1.59. The van der Waals surface area contributed by atoms with Gasteiger partial charge in [-0.25, -0.2) is 4.79 Å². The largest absolute Gasteiger partial charge is 0.481 e. The lowest BCUT2D eigenvalue weighted by atomic mass is 9.98. The molecule has 0 saturated carbocycles. The third kappa shape index (κ3) is 7.82. The van der Waals surface area contributed by atoms with Gasteiger partial charge in [0, 0.05) is 28.8 Å². The molecular formula is C32H29N5O7. The number of amidine groups is 1. The third-order valence-corrected chi connectivity index (χ3v) is 6.76. The number of nitrogens with one attached hydrogen (secondary N) is 4. The SMILES string of the molecule is N=C(N)c1ccc(C(=O)Nc2cccc(C(=O)N[C@@H](CC(=O)O)C(=O)N[C@@H](Cc3cccc4ccccc34)C(=O)O)c2)cc1. The van der Waals surface area contributed by atoms with Crippen LogP contribution in [0.3, 0.4) is 0 Å². The fourth-order valence-electron chi connectivity index (χ4n) is 4.53. The first-order valence-corrected chi connectivity index (χ1v) is 13.4. The Kier molecular flexibility index (Phi) is 9.66. The van der Waals surface area contributed by atoms with E-state index in [2.05, 4.69) is 16.0 Å². The second kappa shape index (κ2) is 13.7. The zero-order valence-corrected chi connectivity index (χ0v) is 23.2. The van der Waals surface area contributed by atoms with Gasteiger partial charge in [-0.1, -0.05) is 60.7 Å². The van der Waals surface area contributed by atoms with Crippen molar-refractivity contribution in [3.05, 3.63) is 113 Å². The summed E-state index contributed by atoms with van der Waals surface area (Å²) >= 11 is 0. The van der Waals surface area contributed by atoms with E-state index in [-0.39, 0.29) is 29.1 Å². The van der Waals surface area contributed by atoms with Gasteiger partial charge in [-0.2, -0.15) is 0 Å². The molecule has 0 radical (unpaired) electrons. The van der Waals surface area contributed by atoms with Gasteiger partial charge in [0.25, 0.3) is 11.8 Å². The lowest BCUT2D eigenvalue weighted by Crippen LogP contribution is -2.52. The summed E-state index contributed by atoms with van der Waals surface area (Å²) < 4.78 is 0. The zero-order valence-electron chi connectivity index (χ0n) is 23.2. The number of amides is 3. The molecule has 12 nitrogen and oxygen atoms in total. The van der Waals surface area contributed by atoms with Crippen molar-refractivity contribution in [2.75, 3.05) is 5.32 Å². The number of aliphatic carboxylic acids is 2. The van der Waals surface area contributed by atoms with E-state index in [1.807, 2.05) is 30.3 Å². The number of carbonyl (C=O) groups is 5. The van der Waals surface area contributed by atoms with Gasteiger partial charge in [0.1, 0.15) is 17.9 Å². The number of carbonyl (C=O) groups excluding carboxylic acids is 3. The summed E-state index contributed by atoms with van der Waals surface area (Å²) in [7, 11) is 0. The summed E-state index contributed by atoms with van der Waals surface area (Å²) in [5.74, 6) is -5.14. The maximum absolute atomic E-state index is 13.1. The van der Waals surface area contributed by atoms with E-state index in [4.69, 9.17) is 11.1 Å². The zero-order chi connectivity index (χ0) is 31.8. The number of hydrogen-bond acceptors (Lipinski definition) is 6. The Morgan fingerprint density at radius 1 is 0.727 bits per heavy atom. The summed E-state index contributed by atoms with van der Waals surface area (Å²) in [5, 5.41) is 35.7. The normalized spacial score (nSPS) is 12.0. The molecule has 0 heterocycles. The topological polar surface area (TPSA) is 212 Å². The van der Waals surface area contributed by atoms with Crippen molar-refractivity contribution in [3.8, 4) is 0 Å². The van der Waals surface area contributed by atoms with E-state index in [1.165, 1.54) is 48.5 Å². The van der Waals surface area contributed by atoms with Crippen LogP contribution in [0.1, 0.15) is 38.3 Å². The Bertz CT molecular complexity index is 1750. The number of fused-ring (bicyclic) bond motifs is 1. The average molecular weight is 596 g/mol. The summed E-state index contributed by atoms with van der Waals surface area (Å²) in [6.07, 6.45) is -0.875. The van der Waals surface area contributed by atoms with Crippen LogP contribution in [0.4, 0.5) is 5.69 Å². The van der Waals surface area contributed by atoms with Gasteiger partial charge in [0.15, 0.2) is 0 Å². The summed E-state index contributed by atoms with van der Waals surface area (Å²) in [5.41, 5.74) is 7.10. The summed E-state index contributed by atoms with van der Waals surface area (Å²) in [6.45, 7) is 0. The Hall–Kier alpha value is -6.04. The number of nitrogens with two attached hydrogens (primary N) is 1. The molecule has 2 atom stereocenters. The molecule has 0 fully saturated rings. The van der Waals surface area contributed by atoms with Gasteiger partial charge in [-0.15, -0.1) is 0 Å². The van der Waals surface area contributed by atoms with Crippen molar-refractivity contribution in [1.82, 2.24) is 10.6 Å². The van der Waals surface area contributed by atoms with E-state index >= 15 is 0 Å². The van der Waals surface area contributed by atoms with Crippen molar-refractivity contribution in [3.63, 3.8) is 0 Å². The van der Waals surface area contributed by atoms with Gasteiger partial charge < -0.3 is 31.9 Å². The number of anilines is 1. The van der Waals surface area contributed by atoms with Crippen LogP contribution in [0, 0.1) is 5.41 Å². The molecule has 0 aromatic heterocycles. The molecule has 0 aliphatic carbocycles. The molecule has 0 bridgehead atoms. The highest BCUT2D eigenvalue weighted by Gasteiger charge is 2.29. The predicted molar refractivity (Wildman–Crippen MR) is 163 cm³/mol. The minimum Gasteiger partial charge on any atom is -0.481 e. The molecule has 0 spiro atoms. The fraction of sp³-hybridized carbons (Fsp3) is 0.125. The van der Waals surface area contributed by atoms with Crippen molar-refractivity contribution < 1.29 is 34.2 Å². The minimum absolute atomic E-state index is 0.0171. The van der Waals surface area contributed by atoms with Crippen molar-refractivity contribution in [2.45, 2.75) is 24.9 Å². The first kappa shape index (κ1) is 30.9. The van der Waals surface area contributed by atoms with Crippen LogP contribution in [-0.2, 0) is 20.8 Å². The van der Waals surface area contributed by atoms with Crippen LogP contribution in [0.5, 0.6) is 0 Å². The highest BCUT2D eigenvalue weighted by Crippen LogP contribution is 2.20. The molecule has 0 aliphatic rings. The molecule has 4 aromatic rings. The van der Waals surface area contributed by atoms with Crippen LogP contribution < -0.4 is 21.7 Å². The van der Waals surface area contributed by atoms with Crippen LogP contribution >= 0.6 is 0 Å². The van der Waals surface area contributed by atoms with Crippen molar-refractivity contribution in [1.29, 1.82) is 5.41 Å². The molecule has 4 rings (SSSR count). The first-order chi connectivity index (χ1) is 21.0. The molecule has 0 aliphatic heterocycles. The Morgan fingerprint density at radius 3 is 2.07 bits per heavy atom. The predicted octanol–water partition coefficient (Wildman–Crippen LogP) is 2.76. The van der Waals surface area contributed by atoms with Crippen LogP contribution in [0.2, 0.25) is 0 Å². The smallest absolute Gasteiger partial charge is 0.326 e. The van der Waals surface area contributed by atoms with Crippen LogP contribution in [0.25, 0.3) is 10.8 Å². The Balaban J connectivity index is 1.46. The lowest BCUT2D eigenvalue weighted by molar-refractivity contribution is -0.142. The molecule has 224 valence electrons.